The number of hydrogen-bond donors (Lipinski definition) is 3. The second-order valence-electron chi connectivity index (χ2n) is 13.7. The molecule has 4 rings (SSSR count). The van der Waals surface area contributed by atoms with Gasteiger partial charge >= 0.3 is 0 Å². The molecule has 0 aromatic rings. The third-order valence-corrected chi connectivity index (χ3v) is 10.9. The highest BCUT2D eigenvalue weighted by atomic mass is 16.3. The number of aliphatic hydroxyl groups is 3. The Balaban J connectivity index is 1.33. The molecular formula is C35H54O4. The number of rotatable bonds is 12. The van der Waals surface area contributed by atoms with Crippen LogP contribution in [0, 0.1) is 28.6 Å². The van der Waals surface area contributed by atoms with Crippen molar-refractivity contribution in [3.63, 3.8) is 0 Å². The van der Waals surface area contributed by atoms with Gasteiger partial charge in [-0.2, -0.15) is 0 Å². The smallest absolute Gasteiger partial charge is 0.139 e. The highest BCUT2D eigenvalue weighted by Gasteiger charge is 2.50. The molecule has 4 heteroatoms. The zero-order chi connectivity index (χ0) is 28.2. The maximum atomic E-state index is 12.7. The summed E-state index contributed by atoms with van der Waals surface area (Å²) in [4.78, 5) is 12.7. The molecule has 0 amide bonds. The van der Waals surface area contributed by atoms with Crippen molar-refractivity contribution in [3.05, 3.63) is 47.6 Å². The van der Waals surface area contributed by atoms with Crippen LogP contribution in [0.1, 0.15) is 117 Å². The zero-order valence-electron chi connectivity index (χ0n) is 24.8. The number of fused-ring (bicyclic) bond motifs is 1. The lowest BCUT2D eigenvalue weighted by Gasteiger charge is -2.44. The second-order valence-corrected chi connectivity index (χ2v) is 13.7. The summed E-state index contributed by atoms with van der Waals surface area (Å²) < 4.78 is 0. The lowest BCUT2D eigenvalue weighted by atomic mass is 9.61. The number of allylic oxidation sites excluding steroid dienone is 4. The van der Waals surface area contributed by atoms with Gasteiger partial charge in [-0.3, -0.25) is 4.79 Å². The van der Waals surface area contributed by atoms with Gasteiger partial charge in [0.25, 0.3) is 0 Å². The Hall–Kier alpha value is -1.49. The van der Waals surface area contributed by atoms with E-state index in [0.29, 0.717) is 49.2 Å². The van der Waals surface area contributed by atoms with E-state index in [1.165, 1.54) is 31.3 Å². The molecule has 3 N–H and O–H groups in total. The molecule has 0 unspecified atom stereocenters. The first-order chi connectivity index (χ1) is 18.6. The average Bonchev–Trinajstić information content (AvgIpc) is 3.61. The van der Waals surface area contributed by atoms with E-state index in [1.54, 1.807) is 0 Å². The normalized spacial score (nSPS) is 35.9. The van der Waals surface area contributed by atoms with E-state index >= 15 is 0 Å². The maximum Gasteiger partial charge on any atom is 0.139 e. The Morgan fingerprint density at radius 2 is 1.90 bits per heavy atom. The largest absolute Gasteiger partial charge is 0.393 e. The molecule has 0 radical (unpaired) electrons. The molecule has 0 saturated heterocycles. The summed E-state index contributed by atoms with van der Waals surface area (Å²) in [5.41, 5.74) is 3.38. The first-order valence-electron chi connectivity index (χ1n) is 15.9. The summed E-state index contributed by atoms with van der Waals surface area (Å²) in [6, 6.07) is 0. The van der Waals surface area contributed by atoms with E-state index in [2.05, 4.69) is 45.6 Å². The first kappa shape index (κ1) is 30.5. The molecule has 0 spiro atoms. The molecule has 0 aliphatic heterocycles. The van der Waals surface area contributed by atoms with Gasteiger partial charge in [-0.25, -0.2) is 0 Å². The Labute approximate surface area is 237 Å². The number of aliphatic hydroxyl groups excluding tert-OH is 3. The van der Waals surface area contributed by atoms with Gasteiger partial charge in [0.05, 0.1) is 18.3 Å². The van der Waals surface area contributed by atoms with Crippen molar-refractivity contribution in [2.45, 2.75) is 135 Å². The summed E-state index contributed by atoms with van der Waals surface area (Å²) in [5, 5.41) is 31.1. The summed E-state index contributed by atoms with van der Waals surface area (Å²) in [5.74, 6) is 1.99. The minimum atomic E-state index is -0.644. The summed E-state index contributed by atoms with van der Waals surface area (Å²) >= 11 is 0. The first-order valence-corrected chi connectivity index (χ1v) is 15.9. The number of Topliss-reactive ketones (excluding diaryl/α,β-unsaturated/α-hetero) is 1. The van der Waals surface area contributed by atoms with Gasteiger partial charge in [-0.05, 0) is 105 Å². The Bertz CT molecular complexity index is 969. The van der Waals surface area contributed by atoms with Crippen LogP contribution in [0.25, 0.3) is 0 Å². The highest BCUT2D eigenvalue weighted by molar-refractivity contribution is 5.87. The Morgan fingerprint density at radius 3 is 2.62 bits per heavy atom. The minimum Gasteiger partial charge on any atom is -0.393 e. The van der Waals surface area contributed by atoms with Gasteiger partial charge in [0.15, 0.2) is 0 Å². The monoisotopic (exact) mass is 538 g/mol. The zero-order valence-corrected chi connectivity index (χ0v) is 24.8. The lowest BCUT2D eigenvalue weighted by molar-refractivity contribution is -0.124. The highest BCUT2D eigenvalue weighted by Crippen LogP contribution is 2.59. The number of carbonyl (C=O) groups is 1. The number of ketones is 1. The van der Waals surface area contributed by atoms with Crippen LogP contribution in [-0.4, -0.2) is 39.4 Å². The summed E-state index contributed by atoms with van der Waals surface area (Å²) in [6.45, 7) is 11.0. The molecule has 218 valence electrons. The number of carbonyl (C=O) groups excluding carboxylic acids is 1. The van der Waals surface area contributed by atoms with Gasteiger partial charge in [0.2, 0.25) is 0 Å². The van der Waals surface area contributed by atoms with Crippen molar-refractivity contribution in [1.82, 2.24) is 0 Å². The second kappa shape index (κ2) is 13.0. The van der Waals surface area contributed by atoms with Crippen LogP contribution < -0.4 is 0 Å². The van der Waals surface area contributed by atoms with E-state index in [9.17, 15) is 20.1 Å². The summed E-state index contributed by atoms with van der Waals surface area (Å²) in [6.07, 6.45) is 21.5. The predicted octanol–water partition coefficient (Wildman–Crippen LogP) is 7.39. The molecule has 4 nitrogen and oxygen atoms in total. The fourth-order valence-corrected chi connectivity index (χ4v) is 8.19. The Kier molecular flexibility index (Phi) is 10.2. The lowest BCUT2D eigenvalue weighted by Crippen LogP contribution is -2.35. The van der Waals surface area contributed by atoms with Crippen LogP contribution in [0.15, 0.2) is 47.6 Å². The van der Waals surface area contributed by atoms with Crippen LogP contribution in [0.2, 0.25) is 0 Å². The number of hydrogen-bond acceptors (Lipinski definition) is 4. The molecule has 0 aromatic carbocycles. The standard InChI is InChI=1S/C35H54O4/c1-5-6-7-10-33(39)35(20-21-35)19-17-28(36)14-11-24(2)30-15-16-31-26(9-8-18-34(30,31)4)12-13-27-22-29(37)23-32(38)25(27)3/h11-14,24,28-32,36-38H,3,5-10,15-23H2,1-2,4H3/b14-11+,26-12+,27-13-/t24-,28-,29-,30-,31+,32+,34-/m1/s1. The quantitative estimate of drug-likeness (QED) is 0.179. The van der Waals surface area contributed by atoms with E-state index in [4.69, 9.17) is 0 Å². The molecule has 39 heavy (non-hydrogen) atoms. The Morgan fingerprint density at radius 1 is 1.13 bits per heavy atom. The van der Waals surface area contributed by atoms with Crippen molar-refractivity contribution in [1.29, 1.82) is 0 Å². The predicted molar refractivity (Wildman–Crippen MR) is 159 cm³/mol. The third kappa shape index (κ3) is 7.05. The topological polar surface area (TPSA) is 77.8 Å². The van der Waals surface area contributed by atoms with Gasteiger partial charge in [-0.15, -0.1) is 0 Å². The van der Waals surface area contributed by atoms with Crippen molar-refractivity contribution in [2.75, 3.05) is 0 Å². The van der Waals surface area contributed by atoms with E-state index in [1.807, 2.05) is 6.08 Å². The van der Waals surface area contributed by atoms with Crippen LogP contribution in [0.3, 0.4) is 0 Å². The maximum absolute atomic E-state index is 12.7. The van der Waals surface area contributed by atoms with E-state index in [-0.39, 0.29) is 10.8 Å². The molecule has 4 fully saturated rings. The van der Waals surface area contributed by atoms with E-state index < -0.39 is 18.3 Å². The van der Waals surface area contributed by atoms with Crippen LogP contribution in [-0.2, 0) is 4.79 Å². The molecule has 4 aliphatic carbocycles. The molecule has 4 aliphatic rings. The summed E-state index contributed by atoms with van der Waals surface area (Å²) in [7, 11) is 0. The van der Waals surface area contributed by atoms with Gasteiger partial charge in [-0.1, -0.05) is 70.1 Å². The fraction of sp³-hybridized carbons (Fsp3) is 0.743. The van der Waals surface area contributed by atoms with Crippen molar-refractivity contribution < 1.29 is 20.1 Å². The van der Waals surface area contributed by atoms with Crippen LogP contribution in [0.5, 0.6) is 0 Å². The van der Waals surface area contributed by atoms with Crippen molar-refractivity contribution in [2.24, 2.45) is 28.6 Å². The van der Waals surface area contributed by atoms with E-state index in [0.717, 1.165) is 56.1 Å². The molecule has 0 aromatic heterocycles. The third-order valence-electron chi connectivity index (χ3n) is 10.9. The molecule has 7 atom stereocenters. The molecular weight excluding hydrogens is 484 g/mol. The minimum absolute atomic E-state index is 0.124. The number of unbranched alkanes of at least 4 members (excludes halogenated alkanes) is 2. The molecule has 4 saturated carbocycles. The van der Waals surface area contributed by atoms with Gasteiger partial charge in [0, 0.05) is 18.3 Å². The van der Waals surface area contributed by atoms with Crippen molar-refractivity contribution in [3.8, 4) is 0 Å². The van der Waals surface area contributed by atoms with Gasteiger partial charge in [0.1, 0.15) is 5.78 Å². The average molecular weight is 539 g/mol. The van der Waals surface area contributed by atoms with Crippen LogP contribution in [0.4, 0.5) is 0 Å². The van der Waals surface area contributed by atoms with Gasteiger partial charge < -0.3 is 15.3 Å². The SMILES string of the molecule is C=C1/C(=C\C=C2/CCC[C@]3(C)[C@@H]([C@H](C)/C=C/[C@@H](O)CCC4(C(=O)CCCCC)CC4)CC[C@@H]23)C[C@@H](O)C[C@@H]1O. The van der Waals surface area contributed by atoms with Crippen LogP contribution >= 0.6 is 0 Å². The molecule has 0 heterocycles. The van der Waals surface area contributed by atoms with Crippen molar-refractivity contribution >= 4 is 5.78 Å². The fourth-order valence-electron chi connectivity index (χ4n) is 8.19. The molecule has 0 bridgehead atoms.